The molecule has 0 atom stereocenters. The third-order valence-electron chi connectivity index (χ3n) is 1.61. The number of hydrogen-bond acceptors (Lipinski definition) is 4. The predicted octanol–water partition coefficient (Wildman–Crippen LogP) is 2.55. The van der Waals surface area contributed by atoms with Crippen LogP contribution in [-0.2, 0) is 5.75 Å². The van der Waals surface area contributed by atoms with Gasteiger partial charge in [-0.05, 0) is 18.2 Å². The van der Waals surface area contributed by atoms with E-state index in [2.05, 4.69) is 36.1 Å². The van der Waals surface area contributed by atoms with E-state index < -0.39 is 0 Å². The fourth-order valence-electron chi connectivity index (χ4n) is 0.989. The van der Waals surface area contributed by atoms with Crippen molar-refractivity contribution < 1.29 is 0 Å². The quantitative estimate of drug-likeness (QED) is 0.812. The Bertz CT molecular complexity index is 276. The van der Waals surface area contributed by atoms with Crippen molar-refractivity contribution in [3.63, 3.8) is 0 Å². The zero-order chi connectivity index (χ0) is 10.4. The van der Waals surface area contributed by atoms with Crippen LogP contribution in [0.1, 0.15) is 26.6 Å². The normalized spacial score (nSPS) is 10.6. The molecule has 0 unspecified atom stereocenters. The number of anilines is 1. The first-order chi connectivity index (χ1) is 6.72. The Balaban J connectivity index is 2.54. The van der Waals surface area contributed by atoms with Crippen molar-refractivity contribution in [1.82, 2.24) is 9.97 Å². The van der Waals surface area contributed by atoms with Crippen LogP contribution in [-0.4, -0.2) is 21.8 Å². The fraction of sp³-hybridized carbons (Fsp3) is 0.600. The SMILES string of the molecule is CCNc1ccnc(CSC(C)C)n1. The summed E-state index contributed by atoms with van der Waals surface area (Å²) in [4.78, 5) is 8.61. The lowest BCUT2D eigenvalue weighted by molar-refractivity contribution is 1.01. The maximum atomic E-state index is 4.39. The Morgan fingerprint density at radius 2 is 2.29 bits per heavy atom. The molecule has 3 nitrogen and oxygen atoms in total. The van der Waals surface area contributed by atoms with Crippen molar-refractivity contribution in [1.29, 1.82) is 0 Å². The molecular weight excluding hydrogens is 194 g/mol. The first-order valence-electron chi connectivity index (χ1n) is 4.89. The molecule has 0 radical (unpaired) electrons. The summed E-state index contributed by atoms with van der Waals surface area (Å²) in [5.41, 5.74) is 0. The van der Waals surface area contributed by atoms with Gasteiger partial charge in [0.2, 0.25) is 0 Å². The van der Waals surface area contributed by atoms with E-state index in [1.54, 1.807) is 6.20 Å². The highest BCUT2D eigenvalue weighted by molar-refractivity contribution is 7.99. The lowest BCUT2D eigenvalue weighted by atomic mass is 10.5. The number of hydrogen-bond donors (Lipinski definition) is 1. The topological polar surface area (TPSA) is 37.8 Å². The minimum atomic E-state index is 0.626. The highest BCUT2D eigenvalue weighted by atomic mass is 32.2. The van der Waals surface area contributed by atoms with E-state index in [1.165, 1.54) is 0 Å². The highest BCUT2D eigenvalue weighted by Gasteiger charge is 2.00. The smallest absolute Gasteiger partial charge is 0.140 e. The predicted molar refractivity (Wildman–Crippen MR) is 62.6 cm³/mol. The average Bonchev–Trinajstić information content (AvgIpc) is 2.16. The minimum absolute atomic E-state index is 0.626. The van der Waals surface area contributed by atoms with E-state index in [0.717, 1.165) is 23.9 Å². The summed E-state index contributed by atoms with van der Waals surface area (Å²) in [6, 6.07) is 1.90. The van der Waals surface area contributed by atoms with Gasteiger partial charge in [0, 0.05) is 12.7 Å². The second-order valence-corrected chi connectivity index (χ2v) is 4.81. The largest absolute Gasteiger partial charge is 0.370 e. The molecule has 0 saturated heterocycles. The second kappa shape index (κ2) is 5.86. The lowest BCUT2D eigenvalue weighted by Gasteiger charge is -2.05. The molecule has 0 aliphatic carbocycles. The van der Waals surface area contributed by atoms with Gasteiger partial charge in [0.1, 0.15) is 11.6 Å². The van der Waals surface area contributed by atoms with E-state index in [-0.39, 0.29) is 0 Å². The molecule has 0 amide bonds. The van der Waals surface area contributed by atoms with E-state index in [4.69, 9.17) is 0 Å². The first-order valence-corrected chi connectivity index (χ1v) is 5.94. The van der Waals surface area contributed by atoms with Crippen LogP contribution >= 0.6 is 11.8 Å². The summed E-state index contributed by atoms with van der Waals surface area (Å²) in [6.07, 6.45) is 1.81. The summed E-state index contributed by atoms with van der Waals surface area (Å²) in [5, 5.41) is 3.80. The molecule has 1 aromatic heterocycles. The monoisotopic (exact) mass is 211 g/mol. The van der Waals surface area contributed by atoms with Crippen LogP contribution in [0.4, 0.5) is 5.82 Å². The molecule has 0 saturated carbocycles. The number of aromatic nitrogens is 2. The maximum Gasteiger partial charge on any atom is 0.140 e. The lowest BCUT2D eigenvalue weighted by Crippen LogP contribution is -2.02. The van der Waals surface area contributed by atoms with Crippen LogP contribution in [0.15, 0.2) is 12.3 Å². The van der Waals surface area contributed by atoms with Gasteiger partial charge in [-0.2, -0.15) is 11.8 Å². The van der Waals surface area contributed by atoms with Crippen molar-refractivity contribution in [3.8, 4) is 0 Å². The number of thioether (sulfide) groups is 1. The molecule has 1 rings (SSSR count). The molecule has 4 heteroatoms. The van der Waals surface area contributed by atoms with E-state index in [0.29, 0.717) is 5.25 Å². The molecule has 1 N–H and O–H groups in total. The zero-order valence-corrected chi connectivity index (χ0v) is 9.77. The number of nitrogens with one attached hydrogen (secondary N) is 1. The van der Waals surface area contributed by atoms with E-state index in [9.17, 15) is 0 Å². The molecule has 0 aromatic carbocycles. The molecule has 0 aliphatic heterocycles. The molecule has 1 heterocycles. The molecule has 0 bridgehead atoms. The average molecular weight is 211 g/mol. The van der Waals surface area contributed by atoms with Crippen LogP contribution in [0.3, 0.4) is 0 Å². The molecule has 0 spiro atoms. The van der Waals surface area contributed by atoms with Crippen molar-refractivity contribution in [2.45, 2.75) is 31.8 Å². The van der Waals surface area contributed by atoms with Gasteiger partial charge in [0.05, 0.1) is 5.75 Å². The van der Waals surface area contributed by atoms with Crippen molar-refractivity contribution in [2.24, 2.45) is 0 Å². The van der Waals surface area contributed by atoms with Crippen LogP contribution < -0.4 is 5.32 Å². The van der Waals surface area contributed by atoms with Gasteiger partial charge >= 0.3 is 0 Å². The Labute approximate surface area is 89.7 Å². The summed E-state index contributed by atoms with van der Waals surface area (Å²) in [5.74, 6) is 2.71. The van der Waals surface area contributed by atoms with Crippen molar-refractivity contribution >= 4 is 17.6 Å². The van der Waals surface area contributed by atoms with Gasteiger partial charge < -0.3 is 5.32 Å². The molecular formula is C10H17N3S. The molecule has 14 heavy (non-hydrogen) atoms. The van der Waals surface area contributed by atoms with Crippen LogP contribution in [0.5, 0.6) is 0 Å². The van der Waals surface area contributed by atoms with E-state index in [1.807, 2.05) is 17.8 Å². The van der Waals surface area contributed by atoms with Gasteiger partial charge in [-0.25, -0.2) is 9.97 Å². The van der Waals surface area contributed by atoms with Crippen LogP contribution in [0, 0.1) is 0 Å². The molecule has 1 aromatic rings. The summed E-state index contributed by atoms with van der Waals surface area (Å²) in [7, 11) is 0. The number of nitrogens with zero attached hydrogens (tertiary/aromatic N) is 2. The third kappa shape index (κ3) is 3.96. The fourth-order valence-corrected chi connectivity index (χ4v) is 1.61. The molecule has 0 aliphatic rings. The molecule has 78 valence electrons. The standard InChI is InChI=1S/C10H17N3S/c1-4-11-9-5-6-12-10(13-9)7-14-8(2)3/h5-6,8H,4,7H2,1-3H3,(H,11,12,13). The van der Waals surface area contributed by atoms with Gasteiger partial charge in [-0.15, -0.1) is 0 Å². The summed E-state index contributed by atoms with van der Waals surface area (Å²) in [6.45, 7) is 7.32. The van der Waals surface area contributed by atoms with Gasteiger partial charge in [-0.1, -0.05) is 13.8 Å². The zero-order valence-electron chi connectivity index (χ0n) is 8.95. The Morgan fingerprint density at radius 1 is 1.50 bits per heavy atom. The summed E-state index contributed by atoms with van der Waals surface area (Å²) >= 11 is 1.86. The Hall–Kier alpha value is -0.770. The third-order valence-corrected chi connectivity index (χ3v) is 2.70. The minimum Gasteiger partial charge on any atom is -0.370 e. The first kappa shape index (κ1) is 11.3. The Kier molecular flexibility index (Phi) is 4.73. The maximum absolute atomic E-state index is 4.39. The van der Waals surface area contributed by atoms with Crippen molar-refractivity contribution in [3.05, 3.63) is 18.1 Å². The van der Waals surface area contributed by atoms with Gasteiger partial charge in [0.15, 0.2) is 0 Å². The van der Waals surface area contributed by atoms with Crippen LogP contribution in [0.25, 0.3) is 0 Å². The summed E-state index contributed by atoms with van der Waals surface area (Å²) < 4.78 is 0. The van der Waals surface area contributed by atoms with E-state index >= 15 is 0 Å². The van der Waals surface area contributed by atoms with Gasteiger partial charge in [-0.3, -0.25) is 0 Å². The Morgan fingerprint density at radius 3 is 2.93 bits per heavy atom. The van der Waals surface area contributed by atoms with Crippen molar-refractivity contribution in [2.75, 3.05) is 11.9 Å². The van der Waals surface area contributed by atoms with Gasteiger partial charge in [0.25, 0.3) is 0 Å². The molecule has 0 fully saturated rings. The second-order valence-electron chi connectivity index (χ2n) is 3.25. The highest BCUT2D eigenvalue weighted by Crippen LogP contribution is 2.14. The number of rotatable bonds is 5. The van der Waals surface area contributed by atoms with Crippen LogP contribution in [0.2, 0.25) is 0 Å².